The molecule has 0 aromatic carbocycles. The first-order chi connectivity index (χ1) is 11.2. The quantitative estimate of drug-likeness (QED) is 0.857. The van der Waals surface area contributed by atoms with E-state index in [4.69, 9.17) is 4.42 Å². The molecule has 1 saturated carbocycles. The van der Waals surface area contributed by atoms with E-state index in [0.29, 0.717) is 11.8 Å². The first-order valence-electron chi connectivity index (χ1n) is 8.23. The molecule has 0 spiro atoms. The second-order valence-corrected chi connectivity index (χ2v) is 6.58. The van der Waals surface area contributed by atoms with Gasteiger partial charge in [0.05, 0.1) is 19.0 Å². The molecule has 0 radical (unpaired) electrons. The molecule has 2 aliphatic rings. The minimum absolute atomic E-state index is 0.163. The Hall–Kier alpha value is -2.08. The van der Waals surface area contributed by atoms with Gasteiger partial charge in [-0.25, -0.2) is 0 Å². The summed E-state index contributed by atoms with van der Waals surface area (Å²) < 4.78 is 7.20. The van der Waals surface area contributed by atoms with Crippen LogP contribution in [0, 0.1) is 5.92 Å². The molecule has 1 aliphatic heterocycles. The summed E-state index contributed by atoms with van der Waals surface area (Å²) in [6, 6.07) is 3.92. The van der Waals surface area contributed by atoms with Crippen LogP contribution < -0.4 is 0 Å². The molecular formula is C17H22N4O2. The van der Waals surface area contributed by atoms with Gasteiger partial charge in [-0.05, 0) is 30.0 Å². The second-order valence-electron chi connectivity index (χ2n) is 6.58. The number of hydrogen-bond acceptors (Lipinski definition) is 4. The summed E-state index contributed by atoms with van der Waals surface area (Å²) in [5.41, 5.74) is 1.20. The molecule has 122 valence electrons. The third-order valence-electron chi connectivity index (χ3n) is 4.90. The van der Waals surface area contributed by atoms with Crippen LogP contribution in [0.15, 0.2) is 35.2 Å². The van der Waals surface area contributed by atoms with E-state index in [9.17, 15) is 4.79 Å². The number of aryl methyl sites for hydroxylation is 1. The van der Waals surface area contributed by atoms with E-state index in [2.05, 4.69) is 10.00 Å². The fourth-order valence-electron chi connectivity index (χ4n) is 3.45. The molecular weight excluding hydrogens is 292 g/mol. The normalized spacial score (nSPS) is 24.8. The minimum atomic E-state index is 0.163. The lowest BCUT2D eigenvalue weighted by molar-refractivity contribution is -0.134. The first-order valence-corrected chi connectivity index (χ1v) is 8.23. The van der Waals surface area contributed by atoms with Crippen molar-refractivity contribution >= 4 is 5.91 Å². The smallest absolute Gasteiger partial charge is 0.226 e. The van der Waals surface area contributed by atoms with Crippen molar-refractivity contribution in [2.45, 2.75) is 18.9 Å². The van der Waals surface area contributed by atoms with E-state index in [1.165, 1.54) is 5.56 Å². The molecule has 2 atom stereocenters. The SMILES string of the molecule is Cn1cc([C@@H]2C[C@H]2C(=O)N2CCN(Cc3ccco3)CC2)cn1. The molecule has 3 heterocycles. The highest BCUT2D eigenvalue weighted by atomic mass is 16.3. The van der Waals surface area contributed by atoms with Crippen LogP contribution in [0.5, 0.6) is 0 Å². The van der Waals surface area contributed by atoms with Crippen LogP contribution in [0.2, 0.25) is 0 Å². The number of carbonyl (C=O) groups excluding carboxylic acids is 1. The van der Waals surface area contributed by atoms with Crippen LogP contribution in [0.3, 0.4) is 0 Å². The maximum atomic E-state index is 12.6. The van der Waals surface area contributed by atoms with E-state index < -0.39 is 0 Å². The van der Waals surface area contributed by atoms with Gasteiger partial charge in [-0.2, -0.15) is 5.10 Å². The Labute approximate surface area is 135 Å². The van der Waals surface area contributed by atoms with Crippen LogP contribution in [-0.2, 0) is 18.4 Å². The number of nitrogens with zero attached hydrogens (tertiary/aromatic N) is 4. The van der Waals surface area contributed by atoms with E-state index in [1.54, 1.807) is 6.26 Å². The van der Waals surface area contributed by atoms with E-state index in [-0.39, 0.29) is 5.92 Å². The molecule has 1 saturated heterocycles. The van der Waals surface area contributed by atoms with Gasteiger partial charge in [-0.1, -0.05) is 0 Å². The summed E-state index contributed by atoms with van der Waals surface area (Å²) in [5, 5.41) is 4.21. The maximum Gasteiger partial charge on any atom is 0.226 e. The summed E-state index contributed by atoms with van der Waals surface area (Å²) >= 11 is 0. The van der Waals surface area contributed by atoms with Crippen molar-refractivity contribution in [3.05, 3.63) is 42.1 Å². The highest BCUT2D eigenvalue weighted by Gasteiger charge is 2.46. The van der Waals surface area contributed by atoms with Crippen LogP contribution in [0.25, 0.3) is 0 Å². The van der Waals surface area contributed by atoms with Crippen molar-refractivity contribution in [1.29, 1.82) is 0 Å². The Morgan fingerprint density at radius 2 is 2.17 bits per heavy atom. The predicted molar refractivity (Wildman–Crippen MR) is 84.6 cm³/mol. The van der Waals surface area contributed by atoms with Gasteiger partial charge in [0.25, 0.3) is 0 Å². The second kappa shape index (κ2) is 5.85. The number of carbonyl (C=O) groups is 1. The summed E-state index contributed by atoms with van der Waals surface area (Å²) in [7, 11) is 1.92. The zero-order valence-corrected chi connectivity index (χ0v) is 13.4. The monoisotopic (exact) mass is 314 g/mol. The highest BCUT2D eigenvalue weighted by molar-refractivity contribution is 5.83. The molecule has 1 amide bonds. The summed E-state index contributed by atoms with van der Waals surface area (Å²) in [6.45, 7) is 4.29. The molecule has 0 bridgehead atoms. The van der Waals surface area contributed by atoms with Crippen molar-refractivity contribution in [1.82, 2.24) is 19.6 Å². The lowest BCUT2D eigenvalue weighted by Crippen LogP contribution is -2.48. The molecule has 6 nitrogen and oxygen atoms in total. The van der Waals surface area contributed by atoms with Gasteiger partial charge in [0.15, 0.2) is 0 Å². The molecule has 0 unspecified atom stereocenters. The molecule has 0 N–H and O–H groups in total. The predicted octanol–water partition coefficient (Wildman–Crippen LogP) is 1.46. The largest absolute Gasteiger partial charge is 0.468 e. The Kier molecular flexibility index (Phi) is 3.69. The molecule has 1 aliphatic carbocycles. The summed E-state index contributed by atoms with van der Waals surface area (Å²) in [5.74, 6) is 1.84. The molecule has 23 heavy (non-hydrogen) atoms. The van der Waals surface area contributed by atoms with Crippen molar-refractivity contribution < 1.29 is 9.21 Å². The zero-order valence-electron chi connectivity index (χ0n) is 13.4. The van der Waals surface area contributed by atoms with Gasteiger partial charge < -0.3 is 9.32 Å². The van der Waals surface area contributed by atoms with Gasteiger partial charge in [0, 0.05) is 45.3 Å². The highest BCUT2D eigenvalue weighted by Crippen LogP contribution is 2.48. The fraction of sp³-hybridized carbons (Fsp3) is 0.529. The molecule has 2 aromatic heterocycles. The zero-order chi connectivity index (χ0) is 15.8. The van der Waals surface area contributed by atoms with Crippen LogP contribution in [0.4, 0.5) is 0 Å². The Balaban J connectivity index is 1.28. The number of rotatable bonds is 4. The van der Waals surface area contributed by atoms with E-state index in [0.717, 1.165) is 44.9 Å². The summed E-state index contributed by atoms with van der Waals surface area (Å²) in [4.78, 5) is 17.0. The van der Waals surface area contributed by atoms with Crippen LogP contribution in [0.1, 0.15) is 23.7 Å². The van der Waals surface area contributed by atoms with Crippen molar-refractivity contribution in [2.75, 3.05) is 26.2 Å². The third-order valence-corrected chi connectivity index (χ3v) is 4.90. The lowest BCUT2D eigenvalue weighted by Gasteiger charge is -2.34. The van der Waals surface area contributed by atoms with Gasteiger partial charge in [0.2, 0.25) is 5.91 Å². The number of aromatic nitrogens is 2. The Morgan fingerprint density at radius 1 is 1.35 bits per heavy atom. The average molecular weight is 314 g/mol. The van der Waals surface area contributed by atoms with Gasteiger partial charge in [-0.15, -0.1) is 0 Å². The number of piperazine rings is 1. The molecule has 4 rings (SSSR count). The van der Waals surface area contributed by atoms with E-state index in [1.807, 2.05) is 41.2 Å². The Bertz CT molecular complexity index is 671. The van der Waals surface area contributed by atoms with Gasteiger partial charge >= 0.3 is 0 Å². The van der Waals surface area contributed by atoms with Crippen LogP contribution >= 0.6 is 0 Å². The van der Waals surface area contributed by atoms with Crippen LogP contribution in [-0.4, -0.2) is 51.7 Å². The lowest BCUT2D eigenvalue weighted by atomic mass is 10.1. The first kappa shape index (κ1) is 14.5. The van der Waals surface area contributed by atoms with Gasteiger partial charge in [0.1, 0.15) is 5.76 Å². The molecule has 2 fully saturated rings. The number of amides is 1. The van der Waals surface area contributed by atoms with Crippen molar-refractivity contribution in [3.8, 4) is 0 Å². The number of furan rings is 1. The van der Waals surface area contributed by atoms with Gasteiger partial charge in [-0.3, -0.25) is 14.4 Å². The van der Waals surface area contributed by atoms with E-state index >= 15 is 0 Å². The third kappa shape index (κ3) is 3.03. The number of hydrogen-bond donors (Lipinski definition) is 0. The molecule has 2 aromatic rings. The molecule has 6 heteroatoms. The fourth-order valence-corrected chi connectivity index (χ4v) is 3.45. The Morgan fingerprint density at radius 3 is 2.83 bits per heavy atom. The summed E-state index contributed by atoms with van der Waals surface area (Å²) in [6.07, 6.45) is 6.59. The standard InChI is InChI=1S/C17H22N4O2/c1-19-11-13(10-18-19)15-9-16(15)17(22)21-6-4-20(5-7-21)12-14-3-2-8-23-14/h2-3,8,10-11,15-16H,4-7,9,12H2,1H3/t15-,16+/m0/s1. The minimum Gasteiger partial charge on any atom is -0.468 e. The van der Waals surface area contributed by atoms with Crippen molar-refractivity contribution in [2.24, 2.45) is 13.0 Å². The average Bonchev–Trinajstić information content (AvgIpc) is 2.96. The maximum absolute atomic E-state index is 12.6. The topological polar surface area (TPSA) is 54.5 Å². The van der Waals surface area contributed by atoms with Crippen molar-refractivity contribution in [3.63, 3.8) is 0 Å².